The SMILES string of the molecule is c1ccc(Nc2nncc(N3CCOCC3)n2)cc1. The number of hydrogen-bond donors (Lipinski definition) is 1. The molecule has 98 valence electrons. The summed E-state index contributed by atoms with van der Waals surface area (Å²) in [5.41, 5.74) is 0.948. The number of benzene rings is 1. The Labute approximate surface area is 111 Å². The predicted molar refractivity (Wildman–Crippen MR) is 72.6 cm³/mol. The fourth-order valence-electron chi connectivity index (χ4n) is 1.94. The summed E-state index contributed by atoms with van der Waals surface area (Å²) in [6.07, 6.45) is 1.68. The monoisotopic (exact) mass is 257 g/mol. The third-order valence-electron chi connectivity index (χ3n) is 2.91. The van der Waals surface area contributed by atoms with Gasteiger partial charge in [0.15, 0.2) is 5.82 Å². The Morgan fingerprint density at radius 2 is 1.89 bits per heavy atom. The molecule has 1 aromatic heterocycles. The van der Waals surface area contributed by atoms with Gasteiger partial charge in [-0.15, -0.1) is 5.10 Å². The number of hydrogen-bond acceptors (Lipinski definition) is 6. The van der Waals surface area contributed by atoms with E-state index in [1.807, 2.05) is 30.3 Å². The van der Waals surface area contributed by atoms with Crippen LogP contribution in [0.1, 0.15) is 0 Å². The number of ether oxygens (including phenoxy) is 1. The van der Waals surface area contributed by atoms with Crippen molar-refractivity contribution < 1.29 is 4.74 Å². The molecule has 0 radical (unpaired) electrons. The largest absolute Gasteiger partial charge is 0.378 e. The first-order chi connectivity index (χ1) is 9.42. The van der Waals surface area contributed by atoms with E-state index in [-0.39, 0.29) is 0 Å². The molecular weight excluding hydrogens is 242 g/mol. The maximum Gasteiger partial charge on any atom is 0.249 e. The molecule has 1 aliphatic heterocycles. The number of aromatic nitrogens is 3. The van der Waals surface area contributed by atoms with Crippen LogP contribution < -0.4 is 10.2 Å². The summed E-state index contributed by atoms with van der Waals surface area (Å²) in [4.78, 5) is 6.62. The molecule has 6 heteroatoms. The molecule has 0 amide bonds. The molecule has 0 bridgehead atoms. The number of nitrogens with one attached hydrogen (secondary N) is 1. The third-order valence-corrected chi connectivity index (χ3v) is 2.91. The molecule has 6 nitrogen and oxygen atoms in total. The van der Waals surface area contributed by atoms with E-state index in [1.165, 1.54) is 0 Å². The Hall–Kier alpha value is -2.21. The van der Waals surface area contributed by atoms with Crippen LogP contribution in [0.5, 0.6) is 0 Å². The van der Waals surface area contributed by atoms with Gasteiger partial charge in [0.25, 0.3) is 0 Å². The Morgan fingerprint density at radius 3 is 2.68 bits per heavy atom. The lowest BCUT2D eigenvalue weighted by Crippen LogP contribution is -2.36. The first-order valence-corrected chi connectivity index (χ1v) is 6.26. The van der Waals surface area contributed by atoms with Gasteiger partial charge in [-0.3, -0.25) is 0 Å². The summed E-state index contributed by atoms with van der Waals surface area (Å²) in [7, 11) is 0. The highest BCUT2D eigenvalue weighted by Gasteiger charge is 2.13. The van der Waals surface area contributed by atoms with E-state index < -0.39 is 0 Å². The van der Waals surface area contributed by atoms with Crippen LogP contribution in [0.2, 0.25) is 0 Å². The van der Waals surface area contributed by atoms with Crippen molar-refractivity contribution in [2.75, 3.05) is 36.5 Å². The zero-order chi connectivity index (χ0) is 12.9. The molecule has 1 fully saturated rings. The topological polar surface area (TPSA) is 63.2 Å². The highest BCUT2D eigenvalue weighted by Crippen LogP contribution is 2.15. The van der Waals surface area contributed by atoms with Crippen molar-refractivity contribution in [3.8, 4) is 0 Å². The van der Waals surface area contributed by atoms with Crippen molar-refractivity contribution in [1.29, 1.82) is 0 Å². The minimum absolute atomic E-state index is 0.509. The van der Waals surface area contributed by atoms with E-state index in [0.29, 0.717) is 5.95 Å². The van der Waals surface area contributed by atoms with E-state index >= 15 is 0 Å². The van der Waals surface area contributed by atoms with Gasteiger partial charge in [0, 0.05) is 18.8 Å². The minimum Gasteiger partial charge on any atom is -0.378 e. The molecule has 3 rings (SSSR count). The minimum atomic E-state index is 0.509. The molecule has 1 saturated heterocycles. The van der Waals surface area contributed by atoms with E-state index in [0.717, 1.165) is 37.8 Å². The van der Waals surface area contributed by atoms with Crippen LogP contribution in [0.3, 0.4) is 0 Å². The van der Waals surface area contributed by atoms with Gasteiger partial charge in [0.05, 0.1) is 19.4 Å². The summed E-state index contributed by atoms with van der Waals surface area (Å²) in [6, 6.07) is 9.81. The zero-order valence-electron chi connectivity index (χ0n) is 10.5. The molecule has 0 spiro atoms. The lowest BCUT2D eigenvalue weighted by molar-refractivity contribution is 0.122. The molecule has 2 heterocycles. The molecule has 0 aliphatic carbocycles. The molecule has 0 atom stereocenters. The smallest absolute Gasteiger partial charge is 0.249 e. The van der Waals surface area contributed by atoms with Gasteiger partial charge in [0.1, 0.15) is 0 Å². The van der Waals surface area contributed by atoms with Gasteiger partial charge in [0.2, 0.25) is 5.95 Å². The summed E-state index contributed by atoms with van der Waals surface area (Å²) in [6.45, 7) is 3.13. The Balaban J connectivity index is 1.76. The van der Waals surface area contributed by atoms with E-state index in [1.54, 1.807) is 6.20 Å². The average molecular weight is 257 g/mol. The van der Waals surface area contributed by atoms with E-state index in [2.05, 4.69) is 25.4 Å². The van der Waals surface area contributed by atoms with Crippen molar-refractivity contribution in [3.05, 3.63) is 36.5 Å². The van der Waals surface area contributed by atoms with Gasteiger partial charge in [-0.1, -0.05) is 18.2 Å². The van der Waals surface area contributed by atoms with E-state index in [4.69, 9.17) is 4.74 Å². The number of anilines is 3. The van der Waals surface area contributed by atoms with Crippen LogP contribution in [0.15, 0.2) is 36.5 Å². The van der Waals surface area contributed by atoms with Crippen LogP contribution >= 0.6 is 0 Å². The second-order valence-electron chi connectivity index (χ2n) is 4.23. The number of nitrogens with zero attached hydrogens (tertiary/aromatic N) is 4. The van der Waals surface area contributed by atoms with Crippen molar-refractivity contribution in [1.82, 2.24) is 15.2 Å². The molecule has 0 saturated carbocycles. The van der Waals surface area contributed by atoms with Crippen molar-refractivity contribution >= 4 is 17.5 Å². The fraction of sp³-hybridized carbons (Fsp3) is 0.308. The Bertz CT molecular complexity index is 528. The van der Waals surface area contributed by atoms with Crippen molar-refractivity contribution in [2.24, 2.45) is 0 Å². The molecule has 1 aromatic carbocycles. The molecule has 1 N–H and O–H groups in total. The highest BCUT2D eigenvalue weighted by molar-refractivity contribution is 5.53. The summed E-state index contributed by atoms with van der Waals surface area (Å²) < 4.78 is 5.33. The first-order valence-electron chi connectivity index (χ1n) is 6.26. The number of para-hydroxylation sites is 1. The molecular formula is C13H15N5O. The van der Waals surface area contributed by atoms with Crippen LogP contribution in [0.25, 0.3) is 0 Å². The third kappa shape index (κ3) is 2.97. The average Bonchev–Trinajstić information content (AvgIpc) is 2.49. The Morgan fingerprint density at radius 1 is 1.11 bits per heavy atom. The van der Waals surface area contributed by atoms with Gasteiger partial charge in [-0.05, 0) is 12.1 Å². The van der Waals surface area contributed by atoms with Crippen LogP contribution in [-0.4, -0.2) is 41.5 Å². The van der Waals surface area contributed by atoms with Gasteiger partial charge < -0.3 is 15.0 Å². The second kappa shape index (κ2) is 5.62. The standard InChI is InChI=1S/C13H15N5O/c1-2-4-11(5-3-1)15-13-16-12(10-14-17-13)18-6-8-19-9-7-18/h1-5,10H,6-9H2,(H,15,16,17). The number of rotatable bonds is 3. The molecule has 1 aliphatic rings. The van der Waals surface area contributed by atoms with E-state index in [9.17, 15) is 0 Å². The quantitative estimate of drug-likeness (QED) is 0.898. The summed E-state index contributed by atoms with van der Waals surface area (Å²) in [5.74, 6) is 1.34. The van der Waals surface area contributed by atoms with Crippen LogP contribution in [-0.2, 0) is 4.74 Å². The Kier molecular flexibility index (Phi) is 3.51. The van der Waals surface area contributed by atoms with Gasteiger partial charge >= 0.3 is 0 Å². The second-order valence-corrected chi connectivity index (χ2v) is 4.23. The normalized spacial score (nSPS) is 15.3. The maximum absolute atomic E-state index is 5.33. The molecule has 2 aromatic rings. The first kappa shape index (κ1) is 11.9. The fourth-order valence-corrected chi connectivity index (χ4v) is 1.94. The zero-order valence-corrected chi connectivity index (χ0v) is 10.5. The number of morpholine rings is 1. The van der Waals surface area contributed by atoms with Crippen molar-refractivity contribution in [3.63, 3.8) is 0 Å². The maximum atomic E-state index is 5.33. The van der Waals surface area contributed by atoms with Gasteiger partial charge in [-0.2, -0.15) is 10.1 Å². The summed E-state index contributed by atoms with van der Waals surface area (Å²) in [5, 5.41) is 11.1. The molecule has 0 unspecified atom stereocenters. The molecule has 19 heavy (non-hydrogen) atoms. The van der Waals surface area contributed by atoms with Crippen LogP contribution in [0, 0.1) is 0 Å². The van der Waals surface area contributed by atoms with Gasteiger partial charge in [-0.25, -0.2) is 0 Å². The van der Waals surface area contributed by atoms with Crippen molar-refractivity contribution in [2.45, 2.75) is 0 Å². The highest BCUT2D eigenvalue weighted by atomic mass is 16.5. The summed E-state index contributed by atoms with van der Waals surface area (Å²) >= 11 is 0. The lowest BCUT2D eigenvalue weighted by Gasteiger charge is -2.27. The predicted octanol–water partition coefficient (Wildman–Crippen LogP) is 1.45. The van der Waals surface area contributed by atoms with Crippen LogP contribution in [0.4, 0.5) is 17.5 Å². The lowest BCUT2D eigenvalue weighted by atomic mass is 10.3.